The Kier molecular flexibility index (Phi) is 7.36. The lowest BCUT2D eigenvalue weighted by molar-refractivity contribution is -0.117. The molecule has 0 radical (unpaired) electrons. The van der Waals surface area contributed by atoms with Crippen LogP contribution in [-0.2, 0) is 11.2 Å². The molecule has 1 aliphatic rings. The molecule has 0 atom stereocenters. The molecule has 0 spiro atoms. The zero-order chi connectivity index (χ0) is 26.6. The van der Waals surface area contributed by atoms with Crippen LogP contribution in [0.5, 0.6) is 0 Å². The molecule has 7 nitrogen and oxygen atoms in total. The molecule has 6 rings (SSSR count). The lowest BCUT2D eigenvalue weighted by atomic mass is 10.0. The number of hydrogen-bond donors (Lipinski definition) is 0. The molecule has 0 unspecified atom stereocenters. The van der Waals surface area contributed by atoms with Crippen molar-refractivity contribution in [3.8, 4) is 11.1 Å². The van der Waals surface area contributed by atoms with E-state index >= 15 is 0 Å². The van der Waals surface area contributed by atoms with Gasteiger partial charge in [-0.05, 0) is 65.9 Å². The molecule has 3 heterocycles. The maximum atomic E-state index is 12.1. The number of carbonyl (C=O) groups excluding carboxylic acids is 1. The van der Waals surface area contributed by atoms with Crippen LogP contribution in [-0.4, -0.2) is 39.1 Å². The average Bonchev–Trinajstić information content (AvgIpc) is 3.63. The zero-order valence-corrected chi connectivity index (χ0v) is 22.6. The molecule has 38 heavy (non-hydrogen) atoms. The van der Waals surface area contributed by atoms with Gasteiger partial charge in [0.2, 0.25) is 5.91 Å². The van der Waals surface area contributed by atoms with Gasteiger partial charge in [-0.2, -0.15) is 4.98 Å². The van der Waals surface area contributed by atoms with Crippen molar-refractivity contribution in [2.24, 2.45) is 0 Å². The summed E-state index contributed by atoms with van der Waals surface area (Å²) in [4.78, 5) is 20.9. The summed E-state index contributed by atoms with van der Waals surface area (Å²) in [5, 5.41) is 9.39. The van der Waals surface area contributed by atoms with E-state index in [2.05, 4.69) is 76.6 Å². The minimum Gasteiger partial charge on any atom is -0.329 e. The maximum Gasteiger partial charge on any atom is 0.257 e. The summed E-state index contributed by atoms with van der Waals surface area (Å²) < 4.78 is 1.95. The van der Waals surface area contributed by atoms with Crippen molar-refractivity contribution in [3.05, 3.63) is 78.6 Å². The second kappa shape index (κ2) is 11.0. The largest absolute Gasteiger partial charge is 0.329 e. The standard InChI is InChI=1S/C29H28N6O.C2H6/c1-3-6-20-10-15-25-26(17-20)35-19-30-32-29(35)31-28(25)33(2)24-8-4-7-22(18-24)21-11-13-23(14-12-21)34-16-5-9-27(34)36;1-2/h4,7-8,10-15,17-19H,3,5-6,9,16H2,1-2H3;1-2H3. The summed E-state index contributed by atoms with van der Waals surface area (Å²) in [6, 6.07) is 23.2. The van der Waals surface area contributed by atoms with E-state index in [1.807, 2.05) is 42.3 Å². The third-order valence-electron chi connectivity index (χ3n) is 6.97. The number of nitrogens with zero attached hydrogens (tertiary/aromatic N) is 6. The fraction of sp³-hybridized carbons (Fsp3) is 0.290. The number of anilines is 3. The van der Waals surface area contributed by atoms with Gasteiger partial charge in [0.25, 0.3) is 5.78 Å². The Labute approximate surface area is 223 Å². The molecule has 7 heteroatoms. The highest BCUT2D eigenvalue weighted by molar-refractivity contribution is 5.96. The Hall–Kier alpha value is -4.26. The minimum atomic E-state index is 0.206. The Morgan fingerprint density at radius 3 is 2.53 bits per heavy atom. The molecule has 0 saturated carbocycles. The summed E-state index contributed by atoms with van der Waals surface area (Å²) in [6.45, 7) is 6.99. The van der Waals surface area contributed by atoms with Gasteiger partial charge in [-0.1, -0.05) is 57.5 Å². The van der Waals surface area contributed by atoms with Crippen LogP contribution in [0.15, 0.2) is 73.1 Å². The van der Waals surface area contributed by atoms with Crippen LogP contribution in [0.1, 0.15) is 45.6 Å². The van der Waals surface area contributed by atoms with E-state index in [9.17, 15) is 4.79 Å². The molecule has 2 aromatic heterocycles. The monoisotopic (exact) mass is 506 g/mol. The van der Waals surface area contributed by atoms with E-state index in [0.717, 1.165) is 65.0 Å². The molecule has 3 aromatic carbocycles. The SMILES string of the molecule is CC.CCCc1ccc2c(N(C)c3cccc(-c4ccc(N5CCCC5=O)cc4)c3)nc3nncn3c2c1. The summed E-state index contributed by atoms with van der Waals surface area (Å²) >= 11 is 0. The lowest BCUT2D eigenvalue weighted by Gasteiger charge is -2.21. The fourth-order valence-electron chi connectivity index (χ4n) is 5.07. The average molecular weight is 507 g/mol. The van der Waals surface area contributed by atoms with Gasteiger partial charge in [-0.3, -0.25) is 9.20 Å². The van der Waals surface area contributed by atoms with Gasteiger partial charge in [0.1, 0.15) is 12.1 Å². The van der Waals surface area contributed by atoms with Crippen molar-refractivity contribution in [2.45, 2.75) is 46.5 Å². The van der Waals surface area contributed by atoms with Gasteiger partial charge < -0.3 is 9.80 Å². The smallest absolute Gasteiger partial charge is 0.257 e. The van der Waals surface area contributed by atoms with Crippen LogP contribution in [0.2, 0.25) is 0 Å². The van der Waals surface area contributed by atoms with Gasteiger partial charge in [-0.15, -0.1) is 10.2 Å². The number of aryl methyl sites for hydroxylation is 1. The Morgan fingerprint density at radius 1 is 0.974 bits per heavy atom. The number of benzene rings is 3. The number of fused-ring (bicyclic) bond motifs is 3. The molecule has 1 aliphatic heterocycles. The first kappa shape index (κ1) is 25.4. The predicted molar refractivity (Wildman–Crippen MR) is 155 cm³/mol. The van der Waals surface area contributed by atoms with Crippen molar-refractivity contribution < 1.29 is 4.79 Å². The molecule has 1 fully saturated rings. The molecule has 0 bridgehead atoms. The molecule has 0 aliphatic carbocycles. The third-order valence-corrected chi connectivity index (χ3v) is 6.97. The second-order valence-electron chi connectivity index (χ2n) is 9.34. The highest BCUT2D eigenvalue weighted by Gasteiger charge is 2.21. The van der Waals surface area contributed by atoms with Crippen molar-refractivity contribution in [1.82, 2.24) is 19.6 Å². The van der Waals surface area contributed by atoms with E-state index in [-0.39, 0.29) is 5.91 Å². The summed E-state index contributed by atoms with van der Waals surface area (Å²) in [7, 11) is 2.04. The van der Waals surface area contributed by atoms with Gasteiger partial charge >= 0.3 is 0 Å². The number of aromatic nitrogens is 4. The third kappa shape index (κ3) is 4.72. The molecule has 5 aromatic rings. The number of carbonyl (C=O) groups is 1. The van der Waals surface area contributed by atoms with E-state index in [0.29, 0.717) is 12.2 Å². The van der Waals surface area contributed by atoms with Crippen molar-refractivity contribution in [2.75, 3.05) is 23.4 Å². The first-order valence-corrected chi connectivity index (χ1v) is 13.5. The normalized spacial score (nSPS) is 13.2. The summed E-state index contributed by atoms with van der Waals surface area (Å²) in [5.74, 6) is 1.63. The van der Waals surface area contributed by atoms with Crippen LogP contribution >= 0.6 is 0 Å². The van der Waals surface area contributed by atoms with Gasteiger partial charge in [0, 0.05) is 36.8 Å². The van der Waals surface area contributed by atoms with Crippen LogP contribution in [0.3, 0.4) is 0 Å². The van der Waals surface area contributed by atoms with E-state index in [1.54, 1.807) is 6.33 Å². The molecule has 1 saturated heterocycles. The number of hydrogen-bond acceptors (Lipinski definition) is 5. The van der Waals surface area contributed by atoms with Crippen molar-refractivity contribution >= 4 is 39.8 Å². The number of rotatable bonds is 6. The molecule has 1 amide bonds. The lowest BCUT2D eigenvalue weighted by Crippen LogP contribution is -2.23. The van der Waals surface area contributed by atoms with Crippen LogP contribution in [0.25, 0.3) is 27.8 Å². The first-order chi connectivity index (χ1) is 18.6. The van der Waals surface area contributed by atoms with Crippen LogP contribution in [0.4, 0.5) is 17.2 Å². The molecular formula is C31H34N6O. The summed E-state index contributed by atoms with van der Waals surface area (Å²) in [5.41, 5.74) is 6.56. The molecule has 0 N–H and O–H groups in total. The van der Waals surface area contributed by atoms with Gasteiger partial charge in [0.15, 0.2) is 0 Å². The minimum absolute atomic E-state index is 0.206. The first-order valence-electron chi connectivity index (χ1n) is 13.5. The van der Waals surface area contributed by atoms with Crippen molar-refractivity contribution in [3.63, 3.8) is 0 Å². The highest BCUT2D eigenvalue weighted by Crippen LogP contribution is 2.33. The molecule has 194 valence electrons. The quantitative estimate of drug-likeness (QED) is 0.253. The summed E-state index contributed by atoms with van der Waals surface area (Å²) in [6.07, 6.45) is 5.42. The fourth-order valence-corrected chi connectivity index (χ4v) is 5.07. The Morgan fingerprint density at radius 2 is 1.79 bits per heavy atom. The van der Waals surface area contributed by atoms with E-state index in [4.69, 9.17) is 4.98 Å². The molecular weight excluding hydrogens is 472 g/mol. The Balaban J connectivity index is 0.00000144. The Bertz CT molecular complexity index is 1570. The number of amides is 1. The van der Waals surface area contributed by atoms with Crippen LogP contribution < -0.4 is 9.80 Å². The van der Waals surface area contributed by atoms with Gasteiger partial charge in [-0.25, -0.2) is 0 Å². The zero-order valence-electron chi connectivity index (χ0n) is 22.6. The van der Waals surface area contributed by atoms with Crippen LogP contribution in [0, 0.1) is 0 Å². The van der Waals surface area contributed by atoms with Gasteiger partial charge in [0.05, 0.1) is 5.52 Å². The topological polar surface area (TPSA) is 66.6 Å². The van der Waals surface area contributed by atoms with E-state index < -0.39 is 0 Å². The second-order valence-corrected chi connectivity index (χ2v) is 9.34. The maximum absolute atomic E-state index is 12.1. The van der Waals surface area contributed by atoms with E-state index in [1.165, 1.54) is 5.56 Å². The highest BCUT2D eigenvalue weighted by atomic mass is 16.2. The van der Waals surface area contributed by atoms with Crippen molar-refractivity contribution in [1.29, 1.82) is 0 Å². The predicted octanol–water partition coefficient (Wildman–Crippen LogP) is 6.82.